The van der Waals surface area contributed by atoms with Gasteiger partial charge in [-0.05, 0) is 67.4 Å². The molecule has 0 aliphatic heterocycles. The lowest BCUT2D eigenvalue weighted by atomic mass is 9.75. The maximum atomic E-state index is 11.1. The van der Waals surface area contributed by atoms with Gasteiger partial charge in [0, 0.05) is 10.9 Å². The van der Waals surface area contributed by atoms with Gasteiger partial charge in [0.25, 0.3) is 0 Å². The smallest absolute Gasteiger partial charge is 0.0900 e. The third-order valence-electron chi connectivity index (χ3n) is 4.60. The zero-order valence-electron chi connectivity index (χ0n) is 11.3. The van der Waals surface area contributed by atoms with Gasteiger partial charge in [0.2, 0.25) is 0 Å². The highest BCUT2D eigenvalue weighted by molar-refractivity contribution is 9.10. The van der Waals surface area contributed by atoms with Crippen LogP contribution >= 0.6 is 15.9 Å². The van der Waals surface area contributed by atoms with Crippen LogP contribution in [0.15, 0.2) is 34.3 Å². The van der Waals surface area contributed by atoms with Gasteiger partial charge in [-0.2, -0.15) is 0 Å². The van der Waals surface area contributed by atoms with Crippen LogP contribution in [0.3, 0.4) is 0 Å². The summed E-state index contributed by atoms with van der Waals surface area (Å²) in [5.74, 6) is 0. The summed E-state index contributed by atoms with van der Waals surface area (Å²) in [6.45, 7) is 0. The number of aliphatic hydroxyl groups is 1. The quantitative estimate of drug-likeness (QED) is 0.752. The topological polar surface area (TPSA) is 20.2 Å². The Morgan fingerprint density at radius 1 is 1.05 bits per heavy atom. The lowest BCUT2D eigenvalue weighted by molar-refractivity contribution is 0.0599. The minimum atomic E-state index is -0.578. The van der Waals surface area contributed by atoms with Crippen LogP contribution in [0, 0.1) is 0 Å². The van der Waals surface area contributed by atoms with Crippen LogP contribution < -0.4 is 0 Å². The molecule has 1 N–H and O–H groups in total. The first-order chi connectivity index (χ1) is 9.17. The Morgan fingerprint density at radius 3 is 2.84 bits per heavy atom. The summed E-state index contributed by atoms with van der Waals surface area (Å²) in [5, 5.41) is 11.1. The third kappa shape index (κ3) is 2.80. The molecule has 1 aromatic rings. The van der Waals surface area contributed by atoms with Gasteiger partial charge in [-0.15, -0.1) is 0 Å². The van der Waals surface area contributed by atoms with Gasteiger partial charge in [-0.3, -0.25) is 0 Å². The Morgan fingerprint density at radius 2 is 1.95 bits per heavy atom. The number of aryl methyl sites for hydroxylation is 1. The number of fused-ring (bicyclic) bond motifs is 1. The van der Waals surface area contributed by atoms with Crippen molar-refractivity contribution < 1.29 is 5.11 Å². The summed E-state index contributed by atoms with van der Waals surface area (Å²) in [4.78, 5) is 0. The van der Waals surface area contributed by atoms with Gasteiger partial charge in [0.1, 0.15) is 0 Å². The van der Waals surface area contributed by atoms with E-state index < -0.39 is 5.60 Å². The summed E-state index contributed by atoms with van der Waals surface area (Å²) in [6.07, 6.45) is 11.0. The minimum Gasteiger partial charge on any atom is -0.385 e. The standard InChI is InChI=1S/C17H21BrO/c18-16-8-7-14-12-17(19,10-9-13(14)11-16)15-5-3-1-2-4-6-15/h5,7-8,11,19H,1-4,6,9-10,12H2. The summed E-state index contributed by atoms with van der Waals surface area (Å²) in [7, 11) is 0. The zero-order chi connectivity index (χ0) is 13.3. The van der Waals surface area contributed by atoms with E-state index in [2.05, 4.69) is 40.2 Å². The Balaban J connectivity index is 1.87. The highest BCUT2D eigenvalue weighted by Gasteiger charge is 2.35. The number of hydrogen-bond donors (Lipinski definition) is 1. The monoisotopic (exact) mass is 320 g/mol. The Kier molecular flexibility index (Phi) is 3.81. The van der Waals surface area contributed by atoms with Crippen LogP contribution in [0.1, 0.15) is 49.7 Å². The molecule has 1 atom stereocenters. The second-order valence-corrected chi connectivity index (χ2v) is 6.87. The fourth-order valence-electron chi connectivity index (χ4n) is 3.46. The van der Waals surface area contributed by atoms with Crippen LogP contribution in [0.2, 0.25) is 0 Å². The van der Waals surface area contributed by atoms with Crippen LogP contribution in [-0.2, 0) is 12.8 Å². The van der Waals surface area contributed by atoms with Crippen molar-refractivity contribution in [3.05, 3.63) is 45.4 Å². The maximum Gasteiger partial charge on any atom is 0.0900 e. The average molecular weight is 321 g/mol. The molecule has 2 aliphatic carbocycles. The van der Waals surface area contributed by atoms with Crippen molar-refractivity contribution in [1.82, 2.24) is 0 Å². The number of hydrogen-bond acceptors (Lipinski definition) is 1. The summed E-state index contributed by atoms with van der Waals surface area (Å²) in [5.41, 5.74) is 3.44. The normalized spacial score (nSPS) is 27.4. The fraction of sp³-hybridized carbons (Fsp3) is 0.529. The molecule has 2 aliphatic rings. The van der Waals surface area contributed by atoms with Crippen LogP contribution in [0.4, 0.5) is 0 Å². The predicted octanol–water partition coefficient (Wildman–Crippen LogP) is 4.56. The van der Waals surface area contributed by atoms with E-state index in [1.54, 1.807) is 0 Å². The number of benzene rings is 1. The first kappa shape index (κ1) is 13.4. The summed E-state index contributed by atoms with van der Waals surface area (Å²) < 4.78 is 1.14. The van der Waals surface area contributed by atoms with E-state index in [-0.39, 0.29) is 0 Å². The van der Waals surface area contributed by atoms with Crippen molar-refractivity contribution >= 4 is 15.9 Å². The second-order valence-electron chi connectivity index (χ2n) is 5.95. The Hall–Kier alpha value is -0.600. The fourth-order valence-corrected chi connectivity index (χ4v) is 3.86. The molecule has 1 aromatic carbocycles. The van der Waals surface area contributed by atoms with E-state index >= 15 is 0 Å². The van der Waals surface area contributed by atoms with Crippen LogP contribution in [0.25, 0.3) is 0 Å². The van der Waals surface area contributed by atoms with E-state index in [0.29, 0.717) is 0 Å². The van der Waals surface area contributed by atoms with E-state index in [0.717, 1.165) is 36.6 Å². The van der Waals surface area contributed by atoms with Crippen molar-refractivity contribution in [3.8, 4) is 0 Å². The molecule has 3 rings (SSSR count). The second kappa shape index (κ2) is 5.41. The van der Waals surface area contributed by atoms with Gasteiger partial charge < -0.3 is 5.11 Å². The van der Waals surface area contributed by atoms with Crippen molar-refractivity contribution in [1.29, 1.82) is 0 Å². The molecule has 0 aromatic heterocycles. The lowest BCUT2D eigenvalue weighted by Gasteiger charge is -2.36. The van der Waals surface area contributed by atoms with Gasteiger partial charge in [-0.1, -0.05) is 34.5 Å². The number of rotatable bonds is 1. The minimum absolute atomic E-state index is 0.578. The summed E-state index contributed by atoms with van der Waals surface area (Å²) in [6, 6.07) is 6.46. The van der Waals surface area contributed by atoms with Gasteiger partial charge in [0.15, 0.2) is 0 Å². The molecule has 0 fully saturated rings. The molecule has 0 saturated carbocycles. The first-order valence-electron chi connectivity index (χ1n) is 7.37. The van der Waals surface area contributed by atoms with Crippen molar-refractivity contribution in [2.24, 2.45) is 0 Å². The Labute approximate surface area is 123 Å². The molecular formula is C17H21BrO. The van der Waals surface area contributed by atoms with Crippen molar-refractivity contribution in [2.45, 2.75) is 57.0 Å². The number of allylic oxidation sites excluding steroid dienone is 1. The van der Waals surface area contributed by atoms with Gasteiger partial charge in [-0.25, -0.2) is 0 Å². The van der Waals surface area contributed by atoms with Gasteiger partial charge in [0.05, 0.1) is 5.60 Å². The van der Waals surface area contributed by atoms with E-state index in [1.807, 2.05) is 0 Å². The molecule has 19 heavy (non-hydrogen) atoms. The Bertz CT molecular complexity index is 506. The molecule has 2 heteroatoms. The van der Waals surface area contributed by atoms with Crippen LogP contribution in [-0.4, -0.2) is 10.7 Å². The predicted molar refractivity (Wildman–Crippen MR) is 82.3 cm³/mol. The first-order valence-corrected chi connectivity index (χ1v) is 8.16. The van der Waals surface area contributed by atoms with E-state index in [4.69, 9.17) is 0 Å². The highest BCUT2D eigenvalue weighted by Crippen LogP contribution is 2.38. The van der Waals surface area contributed by atoms with Crippen molar-refractivity contribution in [2.75, 3.05) is 0 Å². The molecule has 102 valence electrons. The number of halogens is 1. The molecule has 1 nitrogen and oxygen atoms in total. The maximum absolute atomic E-state index is 11.1. The largest absolute Gasteiger partial charge is 0.385 e. The molecule has 1 unspecified atom stereocenters. The molecule has 0 saturated heterocycles. The van der Waals surface area contributed by atoms with Gasteiger partial charge >= 0.3 is 0 Å². The molecular weight excluding hydrogens is 300 g/mol. The SMILES string of the molecule is OC1(C2=CCCCCC2)CCc2cc(Br)ccc2C1. The summed E-state index contributed by atoms with van der Waals surface area (Å²) >= 11 is 3.53. The molecule has 0 bridgehead atoms. The van der Waals surface area contributed by atoms with E-state index in [9.17, 15) is 5.11 Å². The molecule has 0 spiro atoms. The molecule has 0 amide bonds. The van der Waals surface area contributed by atoms with E-state index in [1.165, 1.54) is 36.0 Å². The van der Waals surface area contributed by atoms with Crippen molar-refractivity contribution in [3.63, 3.8) is 0 Å². The average Bonchev–Trinajstić information content (AvgIpc) is 2.69. The van der Waals surface area contributed by atoms with Crippen LogP contribution in [0.5, 0.6) is 0 Å². The lowest BCUT2D eigenvalue weighted by Crippen LogP contribution is -2.37. The third-order valence-corrected chi connectivity index (χ3v) is 5.09. The highest BCUT2D eigenvalue weighted by atomic mass is 79.9. The molecule has 0 heterocycles. The zero-order valence-corrected chi connectivity index (χ0v) is 12.9. The molecule has 0 radical (unpaired) electrons.